The lowest BCUT2D eigenvalue weighted by molar-refractivity contribution is -0.192. The van der Waals surface area contributed by atoms with Crippen molar-refractivity contribution < 1.29 is 32.7 Å². The third-order valence-electron chi connectivity index (χ3n) is 5.21. The molecule has 7 nitrogen and oxygen atoms in total. The van der Waals surface area contributed by atoms with E-state index in [1.165, 1.54) is 5.56 Å². The van der Waals surface area contributed by atoms with Gasteiger partial charge in [-0.05, 0) is 35.9 Å². The van der Waals surface area contributed by atoms with Crippen LogP contribution in [0.2, 0.25) is 0 Å². The molecule has 0 aliphatic carbocycles. The Balaban J connectivity index is 0.000000540. The summed E-state index contributed by atoms with van der Waals surface area (Å²) in [5.74, 6) is -3.16. The summed E-state index contributed by atoms with van der Waals surface area (Å²) in [6.45, 7) is 2.79. The zero-order chi connectivity index (χ0) is 26.0. The Morgan fingerprint density at radius 1 is 1.23 bits per heavy atom. The van der Waals surface area contributed by atoms with E-state index in [0.717, 1.165) is 29.8 Å². The van der Waals surface area contributed by atoms with Gasteiger partial charge in [-0.1, -0.05) is 43.7 Å². The Morgan fingerprint density at radius 3 is 2.49 bits per heavy atom. The number of rotatable bonds is 9. The van der Waals surface area contributed by atoms with Crippen molar-refractivity contribution in [2.24, 2.45) is 5.73 Å². The van der Waals surface area contributed by atoms with E-state index >= 15 is 0 Å². The number of primary amides is 1. The molecule has 1 aliphatic rings. The van der Waals surface area contributed by atoms with Gasteiger partial charge >= 0.3 is 12.1 Å². The number of thiophene rings is 1. The number of carbonyl (C=O) groups excluding carboxylic acids is 2. The number of anilines is 1. The Labute approximate surface area is 205 Å². The monoisotopic (exact) mass is 511 g/mol. The summed E-state index contributed by atoms with van der Waals surface area (Å²) in [6, 6.07) is 11.4. The van der Waals surface area contributed by atoms with Crippen molar-refractivity contribution >= 4 is 34.8 Å². The summed E-state index contributed by atoms with van der Waals surface area (Å²) < 4.78 is 31.7. The maximum absolute atomic E-state index is 12.7. The van der Waals surface area contributed by atoms with Crippen LogP contribution in [-0.4, -0.2) is 47.7 Å². The Morgan fingerprint density at radius 2 is 1.91 bits per heavy atom. The number of fused-ring (bicyclic) bond motifs is 1. The number of nitrogens with zero attached hydrogens (tertiary/aromatic N) is 1. The van der Waals surface area contributed by atoms with E-state index in [0.29, 0.717) is 13.0 Å². The number of carboxylic acid groups (broad SMARTS) is 1. The second-order valence-electron chi connectivity index (χ2n) is 7.83. The first-order valence-electron chi connectivity index (χ1n) is 11.0. The molecule has 2 atom stereocenters. The predicted octanol–water partition coefficient (Wildman–Crippen LogP) is 3.68. The number of carboxylic acids is 1. The fourth-order valence-electron chi connectivity index (χ4n) is 3.53. The van der Waals surface area contributed by atoms with Gasteiger partial charge in [-0.2, -0.15) is 13.2 Å². The van der Waals surface area contributed by atoms with Crippen molar-refractivity contribution in [1.82, 2.24) is 5.32 Å². The maximum Gasteiger partial charge on any atom is 0.490 e. The maximum atomic E-state index is 12.7. The van der Waals surface area contributed by atoms with Crippen LogP contribution in [0, 0.1) is 0 Å². The average Bonchev–Trinajstić information content (AvgIpc) is 3.46. The average molecular weight is 512 g/mol. The van der Waals surface area contributed by atoms with Crippen molar-refractivity contribution in [3.8, 4) is 0 Å². The number of hydrogen-bond acceptors (Lipinski definition) is 5. The highest BCUT2D eigenvalue weighted by Crippen LogP contribution is 2.27. The molecule has 190 valence electrons. The number of hydrogen-bond donors (Lipinski definition) is 3. The number of nitrogens with two attached hydrogens (primary N) is 1. The number of amides is 2. The van der Waals surface area contributed by atoms with Gasteiger partial charge in [0.05, 0.1) is 6.04 Å². The smallest absolute Gasteiger partial charge is 0.475 e. The van der Waals surface area contributed by atoms with Gasteiger partial charge in [0.1, 0.15) is 0 Å². The molecule has 0 fully saturated rings. The summed E-state index contributed by atoms with van der Waals surface area (Å²) in [6.07, 6.45) is 1.63. The zero-order valence-corrected chi connectivity index (χ0v) is 19.9. The predicted molar refractivity (Wildman–Crippen MR) is 128 cm³/mol. The van der Waals surface area contributed by atoms with Gasteiger partial charge < -0.3 is 15.7 Å². The van der Waals surface area contributed by atoms with Crippen molar-refractivity contribution in [2.75, 3.05) is 11.4 Å². The molecule has 0 unspecified atom stereocenters. The van der Waals surface area contributed by atoms with E-state index in [9.17, 15) is 22.8 Å². The molecule has 1 aromatic carbocycles. The van der Waals surface area contributed by atoms with Crippen LogP contribution in [0.5, 0.6) is 0 Å². The fourth-order valence-corrected chi connectivity index (χ4v) is 4.28. The molecule has 11 heteroatoms. The zero-order valence-electron chi connectivity index (χ0n) is 19.1. The first-order chi connectivity index (χ1) is 16.5. The molecule has 3 rings (SSSR count). The van der Waals surface area contributed by atoms with Crippen LogP contribution >= 0.6 is 11.3 Å². The lowest BCUT2D eigenvalue weighted by Crippen LogP contribution is -2.47. The second kappa shape index (κ2) is 13.1. The van der Waals surface area contributed by atoms with E-state index in [1.807, 2.05) is 46.7 Å². The Hall–Kier alpha value is -3.18. The summed E-state index contributed by atoms with van der Waals surface area (Å²) in [5.41, 5.74) is 7.81. The molecular weight excluding hydrogens is 483 g/mol. The molecule has 2 amide bonds. The normalized spacial score (nSPS) is 14.7. The summed E-state index contributed by atoms with van der Waals surface area (Å²) >= 11 is 1.61. The van der Waals surface area contributed by atoms with Crippen molar-refractivity contribution in [2.45, 2.75) is 50.9 Å². The topological polar surface area (TPSA) is 113 Å². The van der Waals surface area contributed by atoms with Crippen molar-refractivity contribution in [1.29, 1.82) is 0 Å². The fraction of sp³-hybridized carbons (Fsp3) is 0.375. The van der Waals surface area contributed by atoms with Gasteiger partial charge in [0.15, 0.2) is 0 Å². The van der Waals surface area contributed by atoms with Crippen LogP contribution in [0.3, 0.4) is 0 Å². The number of halogens is 3. The van der Waals surface area contributed by atoms with E-state index in [4.69, 9.17) is 15.6 Å². The molecule has 0 radical (unpaired) electrons. The number of nitrogens with one attached hydrogen (secondary N) is 1. The molecule has 1 aliphatic heterocycles. The molecule has 2 heterocycles. The van der Waals surface area contributed by atoms with Gasteiger partial charge in [0, 0.05) is 35.6 Å². The van der Waals surface area contributed by atoms with Crippen LogP contribution in [-0.2, 0) is 27.2 Å². The molecule has 4 N–H and O–H groups in total. The van der Waals surface area contributed by atoms with Crippen LogP contribution in [0.25, 0.3) is 0 Å². The van der Waals surface area contributed by atoms with E-state index in [1.54, 1.807) is 17.4 Å². The summed E-state index contributed by atoms with van der Waals surface area (Å²) in [5, 5.41) is 12.4. The number of benzene rings is 1. The molecule has 0 bridgehead atoms. The minimum Gasteiger partial charge on any atom is -0.475 e. The first kappa shape index (κ1) is 28.1. The Kier molecular flexibility index (Phi) is 10.5. The highest BCUT2D eigenvalue weighted by molar-refractivity contribution is 7.09. The number of para-hydroxylation sites is 1. The third-order valence-corrected chi connectivity index (χ3v) is 6.11. The molecule has 35 heavy (non-hydrogen) atoms. The van der Waals surface area contributed by atoms with Gasteiger partial charge in [-0.25, -0.2) is 4.79 Å². The van der Waals surface area contributed by atoms with Gasteiger partial charge in [-0.3, -0.25) is 14.9 Å². The van der Waals surface area contributed by atoms with Crippen LogP contribution in [0.1, 0.15) is 30.2 Å². The molecular formula is C24H28F3N3O4S. The minimum absolute atomic E-state index is 0.0262. The van der Waals surface area contributed by atoms with E-state index in [-0.39, 0.29) is 17.9 Å². The SMILES string of the molecule is CCC[C@@H](/C=C/C(=O)N1CCc2ccccc21)N[C@@H](Cc1cccs1)C(N)=O.O=C(O)C(F)(F)F. The summed E-state index contributed by atoms with van der Waals surface area (Å²) in [4.78, 5) is 36.4. The largest absolute Gasteiger partial charge is 0.490 e. The molecule has 1 aromatic heterocycles. The molecule has 0 saturated heterocycles. The van der Waals surface area contributed by atoms with E-state index in [2.05, 4.69) is 18.3 Å². The third kappa shape index (κ3) is 8.84. The minimum atomic E-state index is -5.08. The van der Waals surface area contributed by atoms with Crippen LogP contribution in [0.4, 0.5) is 18.9 Å². The molecule has 2 aromatic rings. The van der Waals surface area contributed by atoms with Gasteiger partial charge in [-0.15, -0.1) is 11.3 Å². The number of aliphatic carboxylic acids is 1. The van der Waals surface area contributed by atoms with Gasteiger partial charge in [0.25, 0.3) is 5.91 Å². The summed E-state index contributed by atoms with van der Waals surface area (Å²) in [7, 11) is 0. The quantitative estimate of drug-likeness (QED) is 0.445. The Bertz CT molecular complexity index is 1030. The number of alkyl halides is 3. The molecule has 0 spiro atoms. The van der Waals surface area contributed by atoms with Crippen molar-refractivity contribution in [3.63, 3.8) is 0 Å². The lowest BCUT2D eigenvalue weighted by atomic mass is 10.1. The van der Waals surface area contributed by atoms with Crippen molar-refractivity contribution in [3.05, 3.63) is 64.4 Å². The lowest BCUT2D eigenvalue weighted by Gasteiger charge is -2.21. The highest BCUT2D eigenvalue weighted by Gasteiger charge is 2.38. The first-order valence-corrected chi connectivity index (χ1v) is 11.9. The standard InChI is InChI=1S/C22H27N3O2S.C2HF3O2/c1-2-6-17(24-19(22(23)27)15-18-8-5-14-28-18)10-11-21(26)25-13-12-16-7-3-4-9-20(16)25;3-2(4,5)1(6)7/h3-5,7-11,14,17,19,24H,2,6,12-13,15H2,1H3,(H2,23,27);(H,6,7)/b11-10+;/t17-,19-;/m0./s1. The van der Waals surface area contributed by atoms with Gasteiger partial charge in [0.2, 0.25) is 5.91 Å². The van der Waals surface area contributed by atoms with E-state index < -0.39 is 18.2 Å². The highest BCUT2D eigenvalue weighted by atomic mass is 32.1. The number of carbonyl (C=O) groups is 3. The van der Waals surface area contributed by atoms with Crippen LogP contribution in [0.15, 0.2) is 53.9 Å². The second-order valence-corrected chi connectivity index (χ2v) is 8.86. The molecule has 0 saturated carbocycles. The van der Waals surface area contributed by atoms with Crippen LogP contribution < -0.4 is 16.0 Å².